The van der Waals surface area contributed by atoms with E-state index in [-0.39, 0.29) is 0 Å². The summed E-state index contributed by atoms with van der Waals surface area (Å²) in [6.45, 7) is 5.49. The Kier molecular flexibility index (Phi) is 3.68. The largest absolute Gasteiger partial charge is 0.385 e. The summed E-state index contributed by atoms with van der Waals surface area (Å²) in [5, 5.41) is 3.56. The second-order valence-corrected chi connectivity index (χ2v) is 5.54. The van der Waals surface area contributed by atoms with Crippen molar-refractivity contribution in [1.29, 1.82) is 0 Å². The SMILES string of the molecule is CCNCC1(CCCOC)CC2CC2C1. The first kappa shape index (κ1) is 11.4. The van der Waals surface area contributed by atoms with E-state index in [9.17, 15) is 0 Å². The third-order valence-corrected chi connectivity index (χ3v) is 4.27. The number of hydrogen-bond donors (Lipinski definition) is 1. The zero-order chi connectivity index (χ0) is 10.7. The standard InChI is InChI=1S/C13H25NO/c1-3-14-10-13(5-4-6-15-2)8-11-7-12(11)9-13/h11-12,14H,3-10H2,1-2H3. The van der Waals surface area contributed by atoms with Gasteiger partial charge in [0, 0.05) is 20.3 Å². The predicted octanol–water partition coefficient (Wildman–Crippen LogP) is 2.44. The van der Waals surface area contributed by atoms with Gasteiger partial charge in [0.1, 0.15) is 0 Å². The second-order valence-electron chi connectivity index (χ2n) is 5.54. The van der Waals surface area contributed by atoms with Crippen LogP contribution >= 0.6 is 0 Å². The smallest absolute Gasteiger partial charge is 0.0462 e. The number of fused-ring (bicyclic) bond motifs is 1. The first-order chi connectivity index (χ1) is 7.29. The van der Waals surface area contributed by atoms with Crippen LogP contribution in [0.15, 0.2) is 0 Å². The van der Waals surface area contributed by atoms with Gasteiger partial charge in [-0.1, -0.05) is 6.92 Å². The Morgan fingerprint density at radius 2 is 2.07 bits per heavy atom. The molecule has 0 aliphatic heterocycles. The van der Waals surface area contributed by atoms with Gasteiger partial charge >= 0.3 is 0 Å². The van der Waals surface area contributed by atoms with E-state index in [2.05, 4.69) is 12.2 Å². The van der Waals surface area contributed by atoms with Crippen LogP contribution < -0.4 is 5.32 Å². The fourth-order valence-electron chi connectivity index (χ4n) is 3.42. The van der Waals surface area contributed by atoms with E-state index in [0.717, 1.165) is 25.0 Å². The van der Waals surface area contributed by atoms with Crippen molar-refractivity contribution in [2.45, 2.75) is 39.0 Å². The summed E-state index contributed by atoms with van der Waals surface area (Å²) in [7, 11) is 1.81. The van der Waals surface area contributed by atoms with Crippen molar-refractivity contribution < 1.29 is 4.74 Å². The Labute approximate surface area is 93.8 Å². The molecule has 2 nitrogen and oxygen atoms in total. The van der Waals surface area contributed by atoms with Crippen LogP contribution in [0.5, 0.6) is 0 Å². The lowest BCUT2D eigenvalue weighted by Crippen LogP contribution is -2.33. The molecule has 1 N–H and O–H groups in total. The van der Waals surface area contributed by atoms with Gasteiger partial charge in [-0.2, -0.15) is 0 Å². The van der Waals surface area contributed by atoms with Gasteiger partial charge in [0.2, 0.25) is 0 Å². The highest BCUT2D eigenvalue weighted by atomic mass is 16.5. The average molecular weight is 211 g/mol. The molecular weight excluding hydrogens is 186 g/mol. The van der Waals surface area contributed by atoms with Crippen molar-refractivity contribution in [2.75, 3.05) is 26.8 Å². The Morgan fingerprint density at radius 1 is 1.33 bits per heavy atom. The third kappa shape index (κ3) is 2.73. The fourth-order valence-corrected chi connectivity index (χ4v) is 3.42. The van der Waals surface area contributed by atoms with Crippen LogP contribution in [0, 0.1) is 17.3 Å². The normalized spacial score (nSPS) is 38.0. The Balaban J connectivity index is 1.79. The van der Waals surface area contributed by atoms with E-state index in [1.165, 1.54) is 38.6 Å². The second kappa shape index (κ2) is 4.84. The highest BCUT2D eigenvalue weighted by Crippen LogP contribution is 2.61. The Bertz CT molecular complexity index is 195. The number of ether oxygens (including phenoxy) is 1. The minimum atomic E-state index is 0.627. The van der Waals surface area contributed by atoms with Gasteiger partial charge < -0.3 is 10.1 Å². The number of hydrogen-bond acceptors (Lipinski definition) is 2. The Morgan fingerprint density at radius 3 is 2.67 bits per heavy atom. The first-order valence-corrected chi connectivity index (χ1v) is 6.49. The van der Waals surface area contributed by atoms with E-state index in [4.69, 9.17) is 4.74 Å². The molecule has 0 aromatic carbocycles. The summed E-state index contributed by atoms with van der Waals surface area (Å²) < 4.78 is 5.17. The summed E-state index contributed by atoms with van der Waals surface area (Å²) >= 11 is 0. The summed E-state index contributed by atoms with van der Waals surface area (Å²) in [6, 6.07) is 0. The quantitative estimate of drug-likeness (QED) is 0.653. The predicted molar refractivity (Wildman–Crippen MR) is 62.9 cm³/mol. The molecule has 2 aliphatic carbocycles. The van der Waals surface area contributed by atoms with Gasteiger partial charge in [-0.3, -0.25) is 0 Å². The van der Waals surface area contributed by atoms with Gasteiger partial charge in [0.15, 0.2) is 0 Å². The van der Waals surface area contributed by atoms with Crippen LogP contribution in [0.3, 0.4) is 0 Å². The lowest BCUT2D eigenvalue weighted by molar-refractivity contribution is 0.157. The average Bonchev–Trinajstić information content (AvgIpc) is 2.85. The highest BCUT2D eigenvalue weighted by Gasteiger charge is 2.52. The summed E-state index contributed by atoms with van der Waals surface area (Å²) in [5.41, 5.74) is 0.627. The molecule has 0 aromatic rings. The van der Waals surface area contributed by atoms with Crippen LogP contribution in [0.2, 0.25) is 0 Å². The van der Waals surface area contributed by atoms with E-state index < -0.39 is 0 Å². The van der Waals surface area contributed by atoms with Crippen LogP contribution in [-0.2, 0) is 4.74 Å². The minimum Gasteiger partial charge on any atom is -0.385 e. The molecule has 2 atom stereocenters. The first-order valence-electron chi connectivity index (χ1n) is 6.49. The minimum absolute atomic E-state index is 0.627. The molecule has 0 bridgehead atoms. The van der Waals surface area contributed by atoms with Gasteiger partial charge in [-0.25, -0.2) is 0 Å². The molecule has 2 saturated carbocycles. The molecule has 2 fully saturated rings. The zero-order valence-corrected chi connectivity index (χ0v) is 10.2. The van der Waals surface area contributed by atoms with Crippen molar-refractivity contribution >= 4 is 0 Å². The topological polar surface area (TPSA) is 21.3 Å². The number of rotatable bonds is 7. The van der Waals surface area contributed by atoms with E-state index in [1.807, 2.05) is 7.11 Å². The molecular formula is C13H25NO. The molecule has 0 aromatic heterocycles. The molecule has 2 rings (SSSR count). The zero-order valence-electron chi connectivity index (χ0n) is 10.2. The summed E-state index contributed by atoms with van der Waals surface area (Å²) in [6.07, 6.45) is 7.09. The van der Waals surface area contributed by atoms with Crippen LogP contribution in [0.4, 0.5) is 0 Å². The van der Waals surface area contributed by atoms with Crippen LogP contribution in [0.25, 0.3) is 0 Å². The van der Waals surface area contributed by atoms with Crippen molar-refractivity contribution in [3.63, 3.8) is 0 Å². The monoisotopic (exact) mass is 211 g/mol. The van der Waals surface area contributed by atoms with Crippen molar-refractivity contribution in [1.82, 2.24) is 5.32 Å². The van der Waals surface area contributed by atoms with Crippen molar-refractivity contribution in [3.05, 3.63) is 0 Å². The molecule has 0 spiro atoms. The van der Waals surface area contributed by atoms with Crippen molar-refractivity contribution in [3.8, 4) is 0 Å². The lowest BCUT2D eigenvalue weighted by Gasteiger charge is -2.31. The molecule has 0 saturated heterocycles. The summed E-state index contributed by atoms with van der Waals surface area (Å²) in [4.78, 5) is 0. The number of methoxy groups -OCH3 is 1. The highest BCUT2D eigenvalue weighted by molar-refractivity contribution is 5.03. The molecule has 15 heavy (non-hydrogen) atoms. The molecule has 0 amide bonds. The van der Waals surface area contributed by atoms with Gasteiger partial charge in [-0.15, -0.1) is 0 Å². The Hall–Kier alpha value is -0.0800. The molecule has 0 heterocycles. The molecule has 2 unspecified atom stereocenters. The van der Waals surface area contributed by atoms with Gasteiger partial charge in [0.25, 0.3) is 0 Å². The van der Waals surface area contributed by atoms with E-state index in [0.29, 0.717) is 5.41 Å². The van der Waals surface area contributed by atoms with Gasteiger partial charge in [0.05, 0.1) is 0 Å². The van der Waals surface area contributed by atoms with Crippen molar-refractivity contribution in [2.24, 2.45) is 17.3 Å². The maximum atomic E-state index is 5.17. The fraction of sp³-hybridized carbons (Fsp3) is 1.00. The molecule has 2 heteroatoms. The molecule has 2 aliphatic rings. The maximum Gasteiger partial charge on any atom is 0.0462 e. The van der Waals surface area contributed by atoms with Gasteiger partial charge in [-0.05, 0) is 55.9 Å². The molecule has 88 valence electrons. The van der Waals surface area contributed by atoms with Crippen LogP contribution in [-0.4, -0.2) is 26.8 Å². The lowest BCUT2D eigenvalue weighted by atomic mass is 9.78. The van der Waals surface area contributed by atoms with E-state index in [1.54, 1.807) is 0 Å². The van der Waals surface area contributed by atoms with Crippen LogP contribution in [0.1, 0.15) is 39.0 Å². The summed E-state index contributed by atoms with van der Waals surface area (Å²) in [5.74, 6) is 2.18. The molecule has 0 radical (unpaired) electrons. The van der Waals surface area contributed by atoms with E-state index >= 15 is 0 Å². The third-order valence-electron chi connectivity index (χ3n) is 4.27. The maximum absolute atomic E-state index is 5.17. The number of nitrogens with one attached hydrogen (secondary N) is 1.